The highest BCUT2D eigenvalue weighted by Gasteiger charge is 2.12. The fourth-order valence-corrected chi connectivity index (χ4v) is 2.89. The second-order valence-electron chi connectivity index (χ2n) is 5.69. The van der Waals surface area contributed by atoms with Crippen molar-refractivity contribution in [1.29, 1.82) is 0 Å². The van der Waals surface area contributed by atoms with E-state index in [4.69, 9.17) is 16.3 Å². The molecule has 0 spiro atoms. The second kappa shape index (κ2) is 6.99. The number of ether oxygens (including phenoxy) is 1. The van der Waals surface area contributed by atoms with Crippen molar-refractivity contribution >= 4 is 17.7 Å². The Balaban J connectivity index is 1.55. The molecule has 0 radical (unpaired) electrons. The standard InChI is InChI=1S/C19H20ClNO/c1-21(10-3-5-15-4-2-6-18(20)13-15)14-16-7-8-19-17(12-16)9-11-22-19/h2-8,12-13H,9-11,14H2,1H3. The van der Waals surface area contributed by atoms with Gasteiger partial charge in [0.15, 0.2) is 0 Å². The number of likely N-dealkylation sites (N-methyl/N-ethyl adjacent to an activating group) is 1. The number of benzene rings is 2. The van der Waals surface area contributed by atoms with E-state index in [9.17, 15) is 0 Å². The van der Waals surface area contributed by atoms with Crippen LogP contribution in [0.15, 0.2) is 48.5 Å². The van der Waals surface area contributed by atoms with Gasteiger partial charge in [0.1, 0.15) is 5.75 Å². The molecule has 0 aliphatic carbocycles. The molecule has 3 heteroatoms. The summed E-state index contributed by atoms with van der Waals surface area (Å²) in [5, 5.41) is 0.774. The third-order valence-corrected chi connectivity index (χ3v) is 4.02. The molecular formula is C19H20ClNO. The molecule has 2 aromatic carbocycles. The molecule has 0 bridgehead atoms. The quantitative estimate of drug-likeness (QED) is 0.810. The zero-order valence-electron chi connectivity index (χ0n) is 12.8. The molecule has 0 saturated heterocycles. The van der Waals surface area contributed by atoms with Crippen molar-refractivity contribution in [2.24, 2.45) is 0 Å². The highest BCUT2D eigenvalue weighted by molar-refractivity contribution is 6.30. The van der Waals surface area contributed by atoms with E-state index >= 15 is 0 Å². The second-order valence-corrected chi connectivity index (χ2v) is 6.13. The van der Waals surface area contributed by atoms with Gasteiger partial charge in [-0.1, -0.05) is 48.0 Å². The summed E-state index contributed by atoms with van der Waals surface area (Å²) in [6.45, 7) is 2.66. The number of fused-ring (bicyclic) bond motifs is 1. The van der Waals surface area contributed by atoms with Gasteiger partial charge >= 0.3 is 0 Å². The van der Waals surface area contributed by atoms with E-state index in [1.54, 1.807) is 0 Å². The number of halogens is 1. The molecule has 0 amide bonds. The van der Waals surface area contributed by atoms with Gasteiger partial charge in [0, 0.05) is 24.5 Å². The average Bonchev–Trinajstić information content (AvgIpc) is 2.95. The summed E-state index contributed by atoms with van der Waals surface area (Å²) in [5.74, 6) is 1.05. The summed E-state index contributed by atoms with van der Waals surface area (Å²) < 4.78 is 5.55. The number of rotatable bonds is 5. The first-order chi connectivity index (χ1) is 10.7. The summed E-state index contributed by atoms with van der Waals surface area (Å²) in [6.07, 6.45) is 5.31. The largest absolute Gasteiger partial charge is 0.493 e. The molecule has 0 unspecified atom stereocenters. The summed E-state index contributed by atoms with van der Waals surface area (Å²) in [7, 11) is 2.13. The van der Waals surface area contributed by atoms with Gasteiger partial charge in [-0.2, -0.15) is 0 Å². The summed E-state index contributed by atoms with van der Waals surface area (Å²) in [4.78, 5) is 2.29. The van der Waals surface area contributed by atoms with E-state index in [0.29, 0.717) is 0 Å². The van der Waals surface area contributed by atoms with E-state index in [0.717, 1.165) is 42.5 Å². The maximum Gasteiger partial charge on any atom is 0.122 e. The smallest absolute Gasteiger partial charge is 0.122 e. The third-order valence-electron chi connectivity index (χ3n) is 3.78. The van der Waals surface area contributed by atoms with Gasteiger partial charge in [-0.25, -0.2) is 0 Å². The van der Waals surface area contributed by atoms with E-state index in [-0.39, 0.29) is 0 Å². The Labute approximate surface area is 137 Å². The molecule has 114 valence electrons. The molecular weight excluding hydrogens is 294 g/mol. The van der Waals surface area contributed by atoms with Gasteiger partial charge < -0.3 is 4.74 Å². The Kier molecular flexibility index (Phi) is 4.81. The maximum absolute atomic E-state index is 5.99. The zero-order valence-corrected chi connectivity index (χ0v) is 13.5. The van der Waals surface area contributed by atoms with Crippen LogP contribution in [0.2, 0.25) is 5.02 Å². The van der Waals surface area contributed by atoms with Crippen LogP contribution in [0.1, 0.15) is 16.7 Å². The minimum Gasteiger partial charge on any atom is -0.493 e. The Bertz CT molecular complexity index is 681. The zero-order chi connectivity index (χ0) is 15.4. The van der Waals surface area contributed by atoms with E-state index in [1.165, 1.54) is 11.1 Å². The van der Waals surface area contributed by atoms with Gasteiger partial charge in [-0.15, -0.1) is 0 Å². The Hall–Kier alpha value is -1.77. The monoisotopic (exact) mass is 313 g/mol. The van der Waals surface area contributed by atoms with Crippen molar-refractivity contribution in [1.82, 2.24) is 4.90 Å². The van der Waals surface area contributed by atoms with Crippen LogP contribution in [0.4, 0.5) is 0 Å². The molecule has 2 nitrogen and oxygen atoms in total. The Morgan fingerprint density at radius 3 is 3.00 bits per heavy atom. The predicted octanol–water partition coefficient (Wildman–Crippen LogP) is 4.42. The number of hydrogen-bond donors (Lipinski definition) is 0. The van der Waals surface area contributed by atoms with E-state index in [1.807, 2.05) is 18.2 Å². The molecule has 0 aromatic heterocycles. The van der Waals surface area contributed by atoms with Crippen molar-refractivity contribution in [3.63, 3.8) is 0 Å². The fourth-order valence-electron chi connectivity index (χ4n) is 2.69. The number of hydrogen-bond acceptors (Lipinski definition) is 2. The van der Waals surface area contributed by atoms with Crippen LogP contribution in [0.3, 0.4) is 0 Å². The molecule has 0 fully saturated rings. The first-order valence-electron chi connectivity index (χ1n) is 7.56. The lowest BCUT2D eigenvalue weighted by Crippen LogP contribution is -2.17. The predicted molar refractivity (Wildman–Crippen MR) is 92.5 cm³/mol. The molecule has 1 heterocycles. The van der Waals surface area contributed by atoms with Gasteiger partial charge in [0.05, 0.1) is 6.61 Å². The normalized spacial score (nSPS) is 13.6. The lowest BCUT2D eigenvalue weighted by Gasteiger charge is -2.15. The molecule has 0 saturated carbocycles. The third kappa shape index (κ3) is 3.90. The molecule has 0 N–H and O–H groups in total. The lowest BCUT2D eigenvalue weighted by molar-refractivity contribution is 0.356. The highest BCUT2D eigenvalue weighted by Crippen LogP contribution is 2.26. The van der Waals surface area contributed by atoms with Crippen LogP contribution >= 0.6 is 11.6 Å². The fraction of sp³-hybridized carbons (Fsp3) is 0.263. The maximum atomic E-state index is 5.99. The molecule has 1 aliphatic heterocycles. The van der Waals surface area contributed by atoms with Crippen LogP contribution in [0.5, 0.6) is 5.75 Å². The van der Waals surface area contributed by atoms with Crippen LogP contribution in [0.25, 0.3) is 6.08 Å². The number of nitrogens with zero attached hydrogens (tertiary/aromatic N) is 1. The van der Waals surface area contributed by atoms with E-state index in [2.05, 4.69) is 48.4 Å². The molecule has 3 rings (SSSR count). The lowest BCUT2D eigenvalue weighted by atomic mass is 10.1. The first kappa shape index (κ1) is 15.1. The van der Waals surface area contributed by atoms with Gasteiger partial charge in [0.25, 0.3) is 0 Å². The van der Waals surface area contributed by atoms with Gasteiger partial charge in [0.2, 0.25) is 0 Å². The van der Waals surface area contributed by atoms with Crippen LogP contribution < -0.4 is 4.74 Å². The van der Waals surface area contributed by atoms with Crippen molar-refractivity contribution in [3.05, 3.63) is 70.3 Å². The summed E-state index contributed by atoms with van der Waals surface area (Å²) in [5.41, 5.74) is 3.80. The molecule has 0 atom stereocenters. The topological polar surface area (TPSA) is 12.5 Å². The van der Waals surface area contributed by atoms with Crippen molar-refractivity contribution in [3.8, 4) is 5.75 Å². The molecule has 22 heavy (non-hydrogen) atoms. The molecule has 1 aliphatic rings. The SMILES string of the molecule is CN(CC=Cc1cccc(Cl)c1)Cc1ccc2c(c1)CCO2. The molecule has 2 aromatic rings. The summed E-state index contributed by atoms with van der Waals surface area (Å²) in [6, 6.07) is 14.4. The van der Waals surface area contributed by atoms with Crippen molar-refractivity contribution < 1.29 is 4.74 Å². The summed E-state index contributed by atoms with van der Waals surface area (Å²) >= 11 is 5.99. The van der Waals surface area contributed by atoms with Crippen molar-refractivity contribution in [2.45, 2.75) is 13.0 Å². The van der Waals surface area contributed by atoms with Gasteiger partial charge in [-0.05, 0) is 41.9 Å². The van der Waals surface area contributed by atoms with Crippen LogP contribution in [-0.2, 0) is 13.0 Å². The Morgan fingerprint density at radius 1 is 1.23 bits per heavy atom. The highest BCUT2D eigenvalue weighted by atomic mass is 35.5. The van der Waals surface area contributed by atoms with Crippen LogP contribution in [0, 0.1) is 0 Å². The van der Waals surface area contributed by atoms with Gasteiger partial charge in [-0.3, -0.25) is 4.90 Å². The van der Waals surface area contributed by atoms with Crippen molar-refractivity contribution in [2.75, 3.05) is 20.2 Å². The minimum absolute atomic E-state index is 0.774. The van der Waals surface area contributed by atoms with Crippen LogP contribution in [-0.4, -0.2) is 25.1 Å². The minimum atomic E-state index is 0.774. The first-order valence-corrected chi connectivity index (χ1v) is 7.94. The Morgan fingerprint density at radius 2 is 2.14 bits per heavy atom. The average molecular weight is 314 g/mol. The van der Waals surface area contributed by atoms with E-state index < -0.39 is 0 Å².